The predicted molar refractivity (Wildman–Crippen MR) is 83.6 cm³/mol. The van der Waals surface area contributed by atoms with E-state index in [1.807, 2.05) is 0 Å². The molecule has 0 aromatic carbocycles. The fourth-order valence-electron chi connectivity index (χ4n) is 3.05. The Balaban J connectivity index is 2.34. The van der Waals surface area contributed by atoms with E-state index in [2.05, 4.69) is 32.7 Å². The molecule has 19 heavy (non-hydrogen) atoms. The normalized spacial score (nSPS) is 23.7. The lowest BCUT2D eigenvalue weighted by Crippen LogP contribution is -2.31. The van der Waals surface area contributed by atoms with Crippen LogP contribution in [0.3, 0.4) is 0 Å². The van der Waals surface area contributed by atoms with Crippen molar-refractivity contribution in [3.05, 3.63) is 0 Å². The van der Waals surface area contributed by atoms with Crippen LogP contribution in [-0.4, -0.2) is 37.2 Å². The molecule has 0 aromatic rings. The second kappa shape index (κ2) is 8.97. The maximum Gasteiger partial charge on any atom is 0.0654 e. The molecule has 2 atom stereocenters. The Kier molecular flexibility index (Phi) is 8.01. The van der Waals surface area contributed by atoms with Crippen molar-refractivity contribution in [3.8, 4) is 0 Å². The lowest BCUT2D eigenvalue weighted by molar-refractivity contribution is -0.0601. The van der Waals surface area contributed by atoms with Crippen molar-refractivity contribution in [2.24, 2.45) is 5.92 Å². The van der Waals surface area contributed by atoms with Crippen LogP contribution in [0.4, 0.5) is 0 Å². The Morgan fingerprint density at radius 1 is 1.11 bits per heavy atom. The minimum Gasteiger partial charge on any atom is -0.375 e. The minimum atomic E-state index is 0.131. The highest BCUT2D eigenvalue weighted by Gasteiger charge is 2.27. The first kappa shape index (κ1) is 17.0. The van der Waals surface area contributed by atoms with Gasteiger partial charge in [-0.05, 0) is 45.7 Å². The molecule has 1 fully saturated rings. The number of likely N-dealkylation sites (tertiary alicyclic amines) is 1. The van der Waals surface area contributed by atoms with Crippen molar-refractivity contribution >= 4 is 0 Å². The van der Waals surface area contributed by atoms with E-state index in [4.69, 9.17) is 4.74 Å². The van der Waals surface area contributed by atoms with E-state index in [1.54, 1.807) is 0 Å². The highest BCUT2D eigenvalue weighted by molar-refractivity contribution is 4.78. The lowest BCUT2D eigenvalue weighted by Gasteiger charge is -2.31. The van der Waals surface area contributed by atoms with Crippen molar-refractivity contribution < 1.29 is 4.74 Å². The van der Waals surface area contributed by atoms with Gasteiger partial charge >= 0.3 is 0 Å². The molecule has 0 amide bonds. The molecule has 0 aromatic heterocycles. The smallest absolute Gasteiger partial charge is 0.0654 e. The molecular formula is C17H35NO. The zero-order valence-corrected chi connectivity index (χ0v) is 13.7. The fraction of sp³-hybridized carbons (Fsp3) is 1.00. The molecule has 1 aliphatic heterocycles. The van der Waals surface area contributed by atoms with Gasteiger partial charge in [0.15, 0.2) is 0 Å². The van der Waals surface area contributed by atoms with E-state index in [9.17, 15) is 0 Å². The molecule has 2 unspecified atom stereocenters. The molecule has 1 rings (SSSR count). The summed E-state index contributed by atoms with van der Waals surface area (Å²) in [5, 5.41) is 0. The molecule has 1 aliphatic rings. The topological polar surface area (TPSA) is 12.5 Å². The van der Waals surface area contributed by atoms with E-state index in [1.165, 1.54) is 64.5 Å². The molecule has 2 nitrogen and oxygen atoms in total. The molecule has 114 valence electrons. The molecule has 1 saturated heterocycles. The predicted octanol–water partition coefficient (Wildman–Crippen LogP) is 4.48. The van der Waals surface area contributed by atoms with Crippen LogP contribution in [0, 0.1) is 5.92 Å². The zero-order valence-electron chi connectivity index (χ0n) is 13.7. The quantitative estimate of drug-likeness (QED) is 0.542. The van der Waals surface area contributed by atoms with Crippen LogP contribution in [0.25, 0.3) is 0 Å². The lowest BCUT2D eigenvalue weighted by atomic mass is 9.92. The summed E-state index contributed by atoms with van der Waals surface area (Å²) in [4.78, 5) is 2.43. The summed E-state index contributed by atoms with van der Waals surface area (Å²) in [6.07, 6.45) is 10.3. The van der Waals surface area contributed by atoms with Crippen molar-refractivity contribution in [2.75, 3.05) is 26.7 Å². The van der Waals surface area contributed by atoms with Crippen molar-refractivity contribution in [1.29, 1.82) is 0 Å². The molecule has 0 saturated carbocycles. The fourth-order valence-corrected chi connectivity index (χ4v) is 3.05. The van der Waals surface area contributed by atoms with Gasteiger partial charge < -0.3 is 9.64 Å². The summed E-state index contributed by atoms with van der Waals surface area (Å²) in [5.41, 5.74) is 0.131. The van der Waals surface area contributed by atoms with Gasteiger partial charge in [-0.2, -0.15) is 0 Å². The molecule has 0 spiro atoms. The molecule has 0 radical (unpaired) electrons. The third-order valence-electron chi connectivity index (χ3n) is 4.52. The van der Waals surface area contributed by atoms with Crippen LogP contribution < -0.4 is 0 Å². The summed E-state index contributed by atoms with van der Waals surface area (Å²) in [7, 11) is 2.22. The maximum absolute atomic E-state index is 6.38. The highest BCUT2D eigenvalue weighted by Crippen LogP contribution is 2.27. The van der Waals surface area contributed by atoms with Crippen LogP contribution in [0.1, 0.15) is 72.1 Å². The van der Waals surface area contributed by atoms with Crippen molar-refractivity contribution in [2.45, 2.75) is 77.7 Å². The molecule has 2 heteroatoms. The van der Waals surface area contributed by atoms with Crippen molar-refractivity contribution in [3.63, 3.8) is 0 Å². The Bertz CT molecular complexity index is 231. The first-order chi connectivity index (χ1) is 9.09. The van der Waals surface area contributed by atoms with E-state index < -0.39 is 0 Å². The van der Waals surface area contributed by atoms with Gasteiger partial charge in [0.05, 0.1) is 12.2 Å². The Morgan fingerprint density at radius 3 is 2.37 bits per heavy atom. The summed E-state index contributed by atoms with van der Waals surface area (Å²) in [5.74, 6) is 0.761. The SMILES string of the molecule is CCCCCC(C)(CCCC)OCC1CCN(C)C1. The average Bonchev–Trinajstić information content (AvgIpc) is 2.81. The van der Waals surface area contributed by atoms with Gasteiger partial charge in [0.2, 0.25) is 0 Å². The summed E-state index contributed by atoms with van der Waals surface area (Å²) < 4.78 is 6.38. The molecular weight excluding hydrogens is 234 g/mol. The maximum atomic E-state index is 6.38. The van der Waals surface area contributed by atoms with Crippen LogP contribution in [0.2, 0.25) is 0 Å². The van der Waals surface area contributed by atoms with E-state index in [0.29, 0.717) is 0 Å². The van der Waals surface area contributed by atoms with Gasteiger partial charge in [0.25, 0.3) is 0 Å². The van der Waals surface area contributed by atoms with Gasteiger partial charge in [-0.25, -0.2) is 0 Å². The summed E-state index contributed by atoms with van der Waals surface area (Å²) in [6.45, 7) is 10.3. The van der Waals surface area contributed by atoms with Crippen LogP contribution >= 0.6 is 0 Å². The second-order valence-electron chi connectivity index (χ2n) is 6.74. The van der Waals surface area contributed by atoms with Gasteiger partial charge in [0, 0.05) is 6.54 Å². The third kappa shape index (κ3) is 6.76. The first-order valence-corrected chi connectivity index (χ1v) is 8.42. The van der Waals surface area contributed by atoms with E-state index in [0.717, 1.165) is 12.5 Å². The summed E-state index contributed by atoms with van der Waals surface area (Å²) in [6, 6.07) is 0. The minimum absolute atomic E-state index is 0.131. The van der Waals surface area contributed by atoms with Gasteiger partial charge in [0.1, 0.15) is 0 Å². The molecule has 0 aliphatic carbocycles. The first-order valence-electron chi connectivity index (χ1n) is 8.42. The van der Waals surface area contributed by atoms with Crippen LogP contribution in [0.5, 0.6) is 0 Å². The standard InChI is InChI=1S/C17H35NO/c1-5-7-9-12-17(3,11-8-6-2)19-15-16-10-13-18(4)14-16/h16H,5-15H2,1-4H3. The number of rotatable bonds is 10. The number of hydrogen-bond donors (Lipinski definition) is 0. The number of ether oxygens (including phenoxy) is 1. The van der Waals surface area contributed by atoms with Crippen molar-refractivity contribution in [1.82, 2.24) is 4.90 Å². The van der Waals surface area contributed by atoms with Gasteiger partial charge in [-0.3, -0.25) is 0 Å². The Hall–Kier alpha value is -0.0800. The van der Waals surface area contributed by atoms with E-state index >= 15 is 0 Å². The molecule has 1 heterocycles. The molecule has 0 bridgehead atoms. The number of nitrogens with zero attached hydrogens (tertiary/aromatic N) is 1. The largest absolute Gasteiger partial charge is 0.375 e. The average molecular weight is 269 g/mol. The third-order valence-corrected chi connectivity index (χ3v) is 4.52. The van der Waals surface area contributed by atoms with E-state index in [-0.39, 0.29) is 5.60 Å². The van der Waals surface area contributed by atoms with Crippen LogP contribution in [-0.2, 0) is 4.74 Å². The van der Waals surface area contributed by atoms with Crippen LogP contribution in [0.15, 0.2) is 0 Å². The Morgan fingerprint density at radius 2 is 1.79 bits per heavy atom. The number of hydrogen-bond acceptors (Lipinski definition) is 2. The highest BCUT2D eigenvalue weighted by atomic mass is 16.5. The Labute approximate surface area is 120 Å². The van der Waals surface area contributed by atoms with Gasteiger partial charge in [-0.15, -0.1) is 0 Å². The summed E-state index contributed by atoms with van der Waals surface area (Å²) >= 11 is 0. The zero-order chi connectivity index (χ0) is 14.1. The second-order valence-corrected chi connectivity index (χ2v) is 6.74. The monoisotopic (exact) mass is 269 g/mol. The number of unbranched alkanes of at least 4 members (excludes halogenated alkanes) is 3. The molecule has 0 N–H and O–H groups in total. The van der Waals surface area contributed by atoms with Gasteiger partial charge in [-0.1, -0.05) is 46.0 Å².